The monoisotopic (exact) mass is 409 g/mol. The number of benzene rings is 1. The van der Waals surface area contributed by atoms with Crippen molar-refractivity contribution in [2.45, 2.75) is 38.6 Å². The van der Waals surface area contributed by atoms with Gasteiger partial charge in [-0.2, -0.15) is 5.10 Å². The van der Waals surface area contributed by atoms with Crippen molar-refractivity contribution in [2.75, 3.05) is 13.1 Å². The number of carbonyl (C=O) groups is 2. The SMILES string of the molecule is Cc1ccnn1C(C)C(=O)N1CCCC(c2nc3ccc(F)cc3cc2C(N)=O)C1. The predicted octanol–water partition coefficient (Wildman–Crippen LogP) is 2.94. The van der Waals surface area contributed by atoms with E-state index in [0.29, 0.717) is 29.7 Å². The van der Waals surface area contributed by atoms with Crippen molar-refractivity contribution in [1.82, 2.24) is 19.7 Å². The van der Waals surface area contributed by atoms with E-state index in [1.54, 1.807) is 27.9 Å². The summed E-state index contributed by atoms with van der Waals surface area (Å²) in [5.74, 6) is -1.14. The molecular formula is C22H24FN5O2. The van der Waals surface area contributed by atoms with E-state index in [2.05, 4.69) is 10.1 Å². The molecule has 2 aromatic heterocycles. The third-order valence-electron chi connectivity index (χ3n) is 5.78. The van der Waals surface area contributed by atoms with E-state index in [1.165, 1.54) is 12.1 Å². The number of hydrogen-bond donors (Lipinski definition) is 1. The van der Waals surface area contributed by atoms with E-state index >= 15 is 0 Å². The van der Waals surface area contributed by atoms with Crippen LogP contribution in [0.1, 0.15) is 53.5 Å². The van der Waals surface area contributed by atoms with Crippen LogP contribution in [-0.4, -0.2) is 44.6 Å². The summed E-state index contributed by atoms with van der Waals surface area (Å²) in [6.45, 7) is 4.84. The van der Waals surface area contributed by atoms with Crippen LogP contribution in [-0.2, 0) is 4.79 Å². The van der Waals surface area contributed by atoms with Crippen molar-refractivity contribution in [3.63, 3.8) is 0 Å². The van der Waals surface area contributed by atoms with Crippen molar-refractivity contribution in [3.05, 3.63) is 59.3 Å². The Balaban J connectivity index is 1.64. The molecule has 2 unspecified atom stereocenters. The Morgan fingerprint density at radius 2 is 2.07 bits per heavy atom. The number of nitrogens with zero attached hydrogens (tertiary/aromatic N) is 4. The first kappa shape index (κ1) is 20.0. The molecule has 2 N–H and O–H groups in total. The normalized spacial score (nSPS) is 17.8. The molecule has 1 aliphatic rings. The van der Waals surface area contributed by atoms with Gasteiger partial charge in [-0.3, -0.25) is 19.3 Å². The molecular weight excluding hydrogens is 385 g/mol. The highest BCUT2D eigenvalue weighted by molar-refractivity contribution is 5.98. The predicted molar refractivity (Wildman–Crippen MR) is 110 cm³/mol. The summed E-state index contributed by atoms with van der Waals surface area (Å²) in [4.78, 5) is 31.7. The summed E-state index contributed by atoms with van der Waals surface area (Å²) in [7, 11) is 0. The van der Waals surface area contributed by atoms with E-state index in [0.717, 1.165) is 18.5 Å². The highest BCUT2D eigenvalue weighted by atomic mass is 19.1. The number of primary amides is 1. The molecule has 0 aliphatic carbocycles. The number of pyridine rings is 1. The zero-order valence-corrected chi connectivity index (χ0v) is 17.0. The average Bonchev–Trinajstić information content (AvgIpc) is 3.17. The fraction of sp³-hybridized carbons (Fsp3) is 0.364. The molecule has 4 rings (SSSR count). The van der Waals surface area contributed by atoms with Crippen LogP contribution in [0.4, 0.5) is 4.39 Å². The molecule has 30 heavy (non-hydrogen) atoms. The largest absolute Gasteiger partial charge is 0.366 e. The van der Waals surface area contributed by atoms with E-state index in [-0.39, 0.29) is 17.4 Å². The number of nitrogens with two attached hydrogens (primary N) is 1. The maximum absolute atomic E-state index is 13.6. The second-order valence-corrected chi connectivity index (χ2v) is 7.84. The van der Waals surface area contributed by atoms with E-state index in [1.807, 2.05) is 19.9 Å². The fourth-order valence-electron chi connectivity index (χ4n) is 4.23. The van der Waals surface area contributed by atoms with Crippen LogP contribution in [0.15, 0.2) is 36.5 Å². The van der Waals surface area contributed by atoms with Gasteiger partial charge in [-0.1, -0.05) is 0 Å². The first-order chi connectivity index (χ1) is 14.3. The number of halogens is 1. The Bertz CT molecular complexity index is 1130. The lowest BCUT2D eigenvalue weighted by molar-refractivity contribution is -0.135. The van der Waals surface area contributed by atoms with Gasteiger partial charge >= 0.3 is 0 Å². The molecule has 2 amide bonds. The van der Waals surface area contributed by atoms with E-state index in [9.17, 15) is 14.0 Å². The molecule has 1 saturated heterocycles. The standard InChI is InChI=1S/C22H24FN5O2/c1-13-7-8-25-28(13)14(2)22(30)27-9-3-4-15(12-27)20-18(21(24)29)11-16-10-17(23)5-6-19(16)26-20/h5-8,10-11,14-15H,3-4,9,12H2,1-2H3,(H2,24,29). The molecule has 0 radical (unpaired) electrons. The molecule has 8 heteroatoms. The van der Waals surface area contributed by atoms with Gasteiger partial charge in [-0.05, 0) is 57.0 Å². The van der Waals surface area contributed by atoms with Gasteiger partial charge in [0.2, 0.25) is 5.91 Å². The van der Waals surface area contributed by atoms with E-state index in [4.69, 9.17) is 5.73 Å². The Hall–Kier alpha value is -3.29. The highest BCUT2D eigenvalue weighted by Crippen LogP contribution is 2.31. The van der Waals surface area contributed by atoms with Gasteiger partial charge in [-0.15, -0.1) is 0 Å². The number of aromatic nitrogens is 3. The van der Waals surface area contributed by atoms with Crippen LogP contribution in [0.5, 0.6) is 0 Å². The molecule has 1 aromatic carbocycles. The van der Waals surface area contributed by atoms with Crippen LogP contribution >= 0.6 is 0 Å². The second-order valence-electron chi connectivity index (χ2n) is 7.84. The van der Waals surface area contributed by atoms with Gasteiger partial charge in [0.1, 0.15) is 11.9 Å². The topological polar surface area (TPSA) is 94.1 Å². The third kappa shape index (κ3) is 3.65. The molecule has 1 fully saturated rings. The quantitative estimate of drug-likeness (QED) is 0.717. The van der Waals surface area contributed by atoms with Gasteiger partial charge in [-0.25, -0.2) is 4.39 Å². The minimum absolute atomic E-state index is 0.0185. The number of carbonyl (C=O) groups excluding carboxylic acids is 2. The Morgan fingerprint density at radius 3 is 2.77 bits per heavy atom. The zero-order valence-electron chi connectivity index (χ0n) is 17.0. The summed E-state index contributed by atoms with van der Waals surface area (Å²) < 4.78 is 15.3. The molecule has 3 aromatic rings. The number of hydrogen-bond acceptors (Lipinski definition) is 4. The summed E-state index contributed by atoms with van der Waals surface area (Å²) >= 11 is 0. The van der Waals surface area contributed by atoms with Crippen molar-refractivity contribution < 1.29 is 14.0 Å². The Morgan fingerprint density at radius 1 is 1.27 bits per heavy atom. The van der Waals surface area contributed by atoms with Gasteiger partial charge in [0.05, 0.1) is 16.8 Å². The molecule has 0 spiro atoms. The summed E-state index contributed by atoms with van der Waals surface area (Å²) in [6.07, 6.45) is 3.26. The molecule has 3 heterocycles. The van der Waals surface area contributed by atoms with Crippen molar-refractivity contribution in [2.24, 2.45) is 5.73 Å². The number of rotatable bonds is 4. The van der Waals surface area contributed by atoms with Crippen LogP contribution in [0.2, 0.25) is 0 Å². The van der Waals surface area contributed by atoms with Crippen molar-refractivity contribution >= 4 is 22.7 Å². The number of likely N-dealkylation sites (tertiary alicyclic amines) is 1. The summed E-state index contributed by atoms with van der Waals surface area (Å²) in [5, 5.41) is 4.78. The maximum Gasteiger partial charge on any atom is 0.250 e. The maximum atomic E-state index is 13.6. The second kappa shape index (κ2) is 7.85. The van der Waals surface area contributed by atoms with Crippen LogP contribution in [0, 0.1) is 12.7 Å². The van der Waals surface area contributed by atoms with Crippen molar-refractivity contribution in [3.8, 4) is 0 Å². The lowest BCUT2D eigenvalue weighted by Gasteiger charge is -2.34. The molecule has 7 nitrogen and oxygen atoms in total. The number of fused-ring (bicyclic) bond motifs is 1. The lowest BCUT2D eigenvalue weighted by atomic mass is 9.90. The highest BCUT2D eigenvalue weighted by Gasteiger charge is 2.31. The number of piperidine rings is 1. The van der Waals surface area contributed by atoms with E-state index < -0.39 is 17.8 Å². The molecule has 0 saturated carbocycles. The molecule has 0 bridgehead atoms. The average molecular weight is 409 g/mol. The smallest absolute Gasteiger partial charge is 0.250 e. The number of aryl methyl sites for hydroxylation is 1. The van der Waals surface area contributed by atoms with Crippen LogP contribution in [0.3, 0.4) is 0 Å². The first-order valence-corrected chi connectivity index (χ1v) is 10.0. The minimum atomic E-state index is -0.604. The van der Waals surface area contributed by atoms with Crippen molar-refractivity contribution in [1.29, 1.82) is 0 Å². The number of amides is 2. The molecule has 156 valence electrons. The lowest BCUT2D eigenvalue weighted by Crippen LogP contribution is -2.43. The fourth-order valence-corrected chi connectivity index (χ4v) is 4.23. The van der Waals surface area contributed by atoms with Gasteiger partial charge in [0, 0.05) is 36.3 Å². The summed E-state index contributed by atoms with van der Waals surface area (Å²) in [6, 6.07) is 7.32. The third-order valence-corrected chi connectivity index (χ3v) is 5.78. The Kier molecular flexibility index (Phi) is 5.24. The first-order valence-electron chi connectivity index (χ1n) is 10.0. The van der Waals surface area contributed by atoms with Gasteiger partial charge < -0.3 is 10.6 Å². The summed E-state index contributed by atoms with van der Waals surface area (Å²) in [5.41, 5.74) is 7.98. The molecule has 1 aliphatic heterocycles. The van der Waals surface area contributed by atoms with Gasteiger partial charge in [0.25, 0.3) is 5.91 Å². The molecule has 2 atom stereocenters. The van der Waals surface area contributed by atoms with Crippen LogP contribution < -0.4 is 5.73 Å². The Labute approximate surface area is 173 Å². The zero-order chi connectivity index (χ0) is 21.4. The minimum Gasteiger partial charge on any atom is -0.366 e. The van der Waals surface area contributed by atoms with Crippen LogP contribution in [0.25, 0.3) is 10.9 Å². The van der Waals surface area contributed by atoms with Gasteiger partial charge in [0.15, 0.2) is 0 Å².